The number of esters is 1. The number of carbonyl (C=O) groups excluding carboxylic acids is 1. The van der Waals surface area contributed by atoms with E-state index < -0.39 is 30.2 Å². The fourth-order valence-electron chi connectivity index (χ4n) is 2.76. The van der Waals surface area contributed by atoms with Gasteiger partial charge in [0.15, 0.2) is 6.10 Å². The van der Waals surface area contributed by atoms with E-state index in [4.69, 9.17) is 0 Å². The number of ether oxygens (including phenoxy) is 2. The number of alkyl halides is 6. The summed E-state index contributed by atoms with van der Waals surface area (Å²) in [5, 5.41) is 0. The van der Waals surface area contributed by atoms with Gasteiger partial charge >= 0.3 is 24.1 Å². The van der Waals surface area contributed by atoms with Crippen LogP contribution >= 0.6 is 0 Å². The maximum Gasteiger partial charge on any atom is 0.465 e. The Labute approximate surface area is 116 Å². The molecule has 1 aliphatic carbocycles. The third-order valence-corrected chi connectivity index (χ3v) is 3.83. The predicted molar refractivity (Wildman–Crippen MR) is 57.0 cm³/mol. The minimum Gasteiger partial charge on any atom is -0.414 e. The van der Waals surface area contributed by atoms with Gasteiger partial charge in [-0.3, -0.25) is 0 Å². The summed E-state index contributed by atoms with van der Waals surface area (Å²) < 4.78 is 84.0. The normalized spacial score (nSPS) is 27.7. The fourth-order valence-corrected chi connectivity index (χ4v) is 2.76. The highest BCUT2D eigenvalue weighted by molar-refractivity contribution is 5.77. The minimum absolute atomic E-state index is 0.117. The van der Waals surface area contributed by atoms with Crippen LogP contribution in [0.25, 0.3) is 0 Å². The zero-order chi connectivity index (χ0) is 15.9. The zero-order valence-electron chi connectivity index (χ0n) is 10.9. The van der Waals surface area contributed by atoms with Crippen molar-refractivity contribution in [2.24, 2.45) is 5.92 Å². The molecule has 0 bridgehead atoms. The maximum atomic E-state index is 12.7. The lowest BCUT2D eigenvalue weighted by molar-refractivity contribution is -0.439. The Morgan fingerprint density at radius 1 is 1.00 bits per heavy atom. The number of rotatable bonds is 2. The van der Waals surface area contributed by atoms with Crippen LogP contribution in [0.1, 0.15) is 38.5 Å². The van der Waals surface area contributed by atoms with E-state index in [1.165, 1.54) is 0 Å². The van der Waals surface area contributed by atoms with Crippen LogP contribution in [0, 0.1) is 5.92 Å². The largest absolute Gasteiger partial charge is 0.465 e. The first-order valence-corrected chi connectivity index (χ1v) is 6.61. The van der Waals surface area contributed by atoms with Gasteiger partial charge in [-0.15, -0.1) is 0 Å². The number of hydrogen-bond acceptors (Lipinski definition) is 3. The van der Waals surface area contributed by atoms with Crippen LogP contribution in [-0.4, -0.2) is 30.2 Å². The average molecular weight is 320 g/mol. The molecule has 1 saturated carbocycles. The van der Waals surface area contributed by atoms with Crippen molar-refractivity contribution in [3.63, 3.8) is 0 Å². The van der Waals surface area contributed by atoms with Gasteiger partial charge in [-0.2, -0.15) is 26.3 Å². The second-order valence-corrected chi connectivity index (χ2v) is 5.38. The molecule has 0 amide bonds. The molecule has 1 heterocycles. The smallest absolute Gasteiger partial charge is 0.414 e. The molecule has 1 unspecified atom stereocenters. The van der Waals surface area contributed by atoms with Crippen LogP contribution in [0.3, 0.4) is 0 Å². The van der Waals surface area contributed by atoms with Crippen molar-refractivity contribution in [3.05, 3.63) is 0 Å². The van der Waals surface area contributed by atoms with Crippen molar-refractivity contribution in [1.82, 2.24) is 0 Å². The summed E-state index contributed by atoms with van der Waals surface area (Å²) in [7, 11) is 0. The molecule has 0 spiro atoms. The second-order valence-electron chi connectivity index (χ2n) is 5.38. The van der Waals surface area contributed by atoms with Gasteiger partial charge in [0.1, 0.15) is 0 Å². The van der Waals surface area contributed by atoms with Crippen LogP contribution in [0.5, 0.6) is 0 Å². The van der Waals surface area contributed by atoms with Crippen LogP contribution in [0.2, 0.25) is 0 Å². The molecule has 2 rings (SSSR count). The summed E-state index contributed by atoms with van der Waals surface area (Å²) in [6, 6.07) is 0. The lowest BCUT2D eigenvalue weighted by Gasteiger charge is -2.30. The van der Waals surface area contributed by atoms with E-state index in [1.807, 2.05) is 0 Å². The van der Waals surface area contributed by atoms with Crippen LogP contribution < -0.4 is 0 Å². The van der Waals surface area contributed by atoms with Crippen molar-refractivity contribution >= 4 is 5.97 Å². The van der Waals surface area contributed by atoms with Gasteiger partial charge in [-0.25, -0.2) is 4.79 Å². The van der Waals surface area contributed by atoms with Gasteiger partial charge in [0.25, 0.3) is 0 Å². The summed E-state index contributed by atoms with van der Waals surface area (Å²) >= 11 is 0. The number of carbonyl (C=O) groups is 1. The lowest BCUT2D eigenvalue weighted by atomic mass is 9.85. The van der Waals surface area contributed by atoms with Crippen molar-refractivity contribution in [2.75, 3.05) is 0 Å². The molecule has 0 aromatic heterocycles. The van der Waals surface area contributed by atoms with E-state index in [0.29, 0.717) is 12.8 Å². The number of hydrogen-bond donors (Lipinski definition) is 0. The van der Waals surface area contributed by atoms with Crippen molar-refractivity contribution in [1.29, 1.82) is 0 Å². The van der Waals surface area contributed by atoms with E-state index in [-0.39, 0.29) is 12.3 Å². The predicted octanol–water partition coefficient (Wildman–Crippen LogP) is 3.72. The molecule has 9 heteroatoms. The average Bonchev–Trinajstić information content (AvgIpc) is 2.68. The van der Waals surface area contributed by atoms with Gasteiger partial charge in [0, 0.05) is 0 Å². The van der Waals surface area contributed by atoms with Crippen molar-refractivity contribution < 1.29 is 40.6 Å². The summed E-state index contributed by atoms with van der Waals surface area (Å²) in [6.45, 7) is 0. The molecule has 0 N–H and O–H groups in total. The fraction of sp³-hybridized carbons (Fsp3) is 0.917. The highest BCUT2D eigenvalue weighted by Crippen LogP contribution is 2.51. The summed E-state index contributed by atoms with van der Waals surface area (Å²) in [4.78, 5) is 11.4. The summed E-state index contributed by atoms with van der Waals surface area (Å²) in [5.74, 6) is -6.56. The highest BCUT2D eigenvalue weighted by atomic mass is 19.4. The van der Waals surface area contributed by atoms with Crippen LogP contribution in [0.15, 0.2) is 0 Å². The SMILES string of the molecule is O=C1OC(C(F)(F)F)(C(F)(F)F)OC1CC1CCCCC1. The lowest BCUT2D eigenvalue weighted by Crippen LogP contribution is -2.58. The van der Waals surface area contributed by atoms with E-state index in [1.54, 1.807) is 0 Å². The highest BCUT2D eigenvalue weighted by Gasteiger charge is 2.80. The summed E-state index contributed by atoms with van der Waals surface area (Å²) in [6.07, 6.45) is -9.75. The molecule has 3 nitrogen and oxygen atoms in total. The van der Waals surface area contributed by atoms with Gasteiger partial charge in [0.2, 0.25) is 0 Å². The molecule has 1 atom stereocenters. The Hall–Kier alpha value is -0.990. The van der Waals surface area contributed by atoms with Gasteiger partial charge < -0.3 is 9.47 Å². The topological polar surface area (TPSA) is 35.5 Å². The second kappa shape index (κ2) is 5.33. The molecule has 0 aromatic rings. The quantitative estimate of drug-likeness (QED) is 0.575. The first-order chi connectivity index (χ1) is 9.57. The minimum atomic E-state index is -5.87. The molecular formula is C12H14F6O3. The molecular weight excluding hydrogens is 306 g/mol. The Bertz CT molecular complexity index is 383. The molecule has 122 valence electrons. The van der Waals surface area contributed by atoms with E-state index in [9.17, 15) is 31.1 Å². The molecule has 1 saturated heterocycles. The summed E-state index contributed by atoms with van der Waals surface area (Å²) in [5.41, 5.74) is 0. The molecule has 0 aromatic carbocycles. The first-order valence-electron chi connectivity index (χ1n) is 6.61. The van der Waals surface area contributed by atoms with Crippen molar-refractivity contribution in [3.8, 4) is 0 Å². The Morgan fingerprint density at radius 2 is 1.52 bits per heavy atom. The van der Waals surface area contributed by atoms with Gasteiger partial charge in [0.05, 0.1) is 0 Å². The van der Waals surface area contributed by atoms with Crippen LogP contribution in [-0.2, 0) is 14.3 Å². The van der Waals surface area contributed by atoms with Crippen molar-refractivity contribution in [2.45, 2.75) is 62.8 Å². The molecule has 2 fully saturated rings. The third kappa shape index (κ3) is 2.97. The third-order valence-electron chi connectivity index (χ3n) is 3.83. The van der Waals surface area contributed by atoms with Crippen LogP contribution in [0.4, 0.5) is 26.3 Å². The first kappa shape index (κ1) is 16.4. The molecule has 1 aliphatic heterocycles. The Kier molecular flexibility index (Phi) is 4.16. The number of cyclic esters (lactones) is 1. The number of halogens is 6. The van der Waals surface area contributed by atoms with E-state index in [2.05, 4.69) is 9.47 Å². The van der Waals surface area contributed by atoms with E-state index >= 15 is 0 Å². The Morgan fingerprint density at radius 3 is 1.95 bits per heavy atom. The maximum absolute atomic E-state index is 12.7. The molecule has 2 aliphatic rings. The molecule has 21 heavy (non-hydrogen) atoms. The standard InChI is InChI=1S/C12H14F6O3/c13-11(14,15)10(12(16,17)18)20-8(9(19)21-10)6-7-4-2-1-3-5-7/h7-8H,1-6H2. The van der Waals surface area contributed by atoms with Gasteiger partial charge in [-0.05, 0) is 12.3 Å². The monoisotopic (exact) mass is 320 g/mol. The zero-order valence-corrected chi connectivity index (χ0v) is 10.9. The van der Waals surface area contributed by atoms with E-state index in [0.717, 1.165) is 19.3 Å². The molecule has 0 radical (unpaired) electrons. The Balaban J connectivity index is 2.15. The van der Waals surface area contributed by atoms with Gasteiger partial charge in [-0.1, -0.05) is 32.1 Å².